The fourth-order valence-electron chi connectivity index (χ4n) is 3.56. The van der Waals surface area contributed by atoms with Crippen molar-refractivity contribution in [3.63, 3.8) is 0 Å². The van der Waals surface area contributed by atoms with Gasteiger partial charge in [0.15, 0.2) is 5.76 Å². The quantitative estimate of drug-likeness (QED) is 0.805. The third kappa shape index (κ3) is 3.93. The van der Waals surface area contributed by atoms with Gasteiger partial charge in [0.25, 0.3) is 11.8 Å². The molecule has 2 N–H and O–H groups in total. The molecule has 1 aliphatic carbocycles. The van der Waals surface area contributed by atoms with E-state index in [9.17, 15) is 14.4 Å². The number of hydrogen-bond donors (Lipinski definition) is 2. The summed E-state index contributed by atoms with van der Waals surface area (Å²) < 4.78 is 5.08. The predicted molar refractivity (Wildman–Crippen MR) is 103 cm³/mol. The number of nitrogens with one attached hydrogen (secondary N) is 2. The molecule has 0 unspecified atom stereocenters. The maximum atomic E-state index is 12.5. The molecule has 1 aromatic heterocycles. The van der Waals surface area contributed by atoms with Crippen LogP contribution in [0.1, 0.15) is 45.7 Å². The molecule has 0 bridgehead atoms. The molecule has 2 fully saturated rings. The van der Waals surface area contributed by atoms with Gasteiger partial charge >= 0.3 is 0 Å². The van der Waals surface area contributed by atoms with E-state index >= 15 is 0 Å². The van der Waals surface area contributed by atoms with E-state index in [2.05, 4.69) is 10.6 Å². The van der Waals surface area contributed by atoms with Crippen LogP contribution < -0.4 is 10.6 Å². The van der Waals surface area contributed by atoms with E-state index in [1.807, 2.05) is 11.8 Å². The van der Waals surface area contributed by atoms with Crippen molar-refractivity contribution in [3.8, 4) is 0 Å². The third-order valence-corrected chi connectivity index (χ3v) is 5.26. The molecule has 1 aromatic carbocycles. The average Bonchev–Trinajstić information content (AvgIpc) is 3.22. The number of carbonyl (C=O) groups is 3. The van der Waals surface area contributed by atoms with Gasteiger partial charge in [-0.25, -0.2) is 0 Å². The summed E-state index contributed by atoms with van der Waals surface area (Å²) in [5.41, 5.74) is 1.93. The van der Waals surface area contributed by atoms with Gasteiger partial charge in [0.1, 0.15) is 0 Å². The third-order valence-electron chi connectivity index (χ3n) is 5.26. The van der Waals surface area contributed by atoms with Crippen LogP contribution in [0.4, 0.5) is 5.69 Å². The molecule has 1 aliphatic heterocycles. The molecule has 0 spiro atoms. The van der Waals surface area contributed by atoms with Crippen LogP contribution in [0.2, 0.25) is 0 Å². The number of rotatable bonds is 6. The van der Waals surface area contributed by atoms with Crippen molar-refractivity contribution >= 4 is 23.4 Å². The number of furan rings is 1. The summed E-state index contributed by atoms with van der Waals surface area (Å²) in [6, 6.07) is 8.79. The lowest BCUT2D eigenvalue weighted by Gasteiger charge is -2.16. The summed E-state index contributed by atoms with van der Waals surface area (Å²) in [6.45, 7) is 3.06. The summed E-state index contributed by atoms with van der Waals surface area (Å²) in [4.78, 5) is 38.5. The average molecular weight is 381 g/mol. The Kier molecular flexibility index (Phi) is 4.90. The van der Waals surface area contributed by atoms with Gasteiger partial charge in [-0.2, -0.15) is 0 Å². The first kappa shape index (κ1) is 18.3. The van der Waals surface area contributed by atoms with Crippen LogP contribution in [0, 0.1) is 12.8 Å². The fraction of sp³-hybridized carbons (Fsp3) is 0.381. The van der Waals surface area contributed by atoms with Crippen LogP contribution in [-0.4, -0.2) is 41.8 Å². The van der Waals surface area contributed by atoms with Gasteiger partial charge in [-0.3, -0.25) is 14.4 Å². The standard InChI is InChI=1S/C21H23N3O4/c1-13-9-15(4-7-17(13)23-21(27)18-3-2-8-28-18)20(26)22-11-14-10-19(25)24(12-14)16-5-6-16/h2-4,7-9,14,16H,5-6,10-12H2,1H3,(H,22,26)(H,23,27)/t14-/m1/s1. The van der Waals surface area contributed by atoms with Gasteiger partial charge in [0, 0.05) is 42.7 Å². The monoisotopic (exact) mass is 381 g/mol. The van der Waals surface area contributed by atoms with Crippen molar-refractivity contribution in [1.82, 2.24) is 10.2 Å². The number of aryl methyl sites for hydroxylation is 1. The second-order valence-corrected chi connectivity index (χ2v) is 7.52. The smallest absolute Gasteiger partial charge is 0.291 e. The summed E-state index contributed by atoms with van der Waals surface area (Å²) in [5, 5.41) is 5.71. The lowest BCUT2D eigenvalue weighted by atomic mass is 10.1. The Hall–Kier alpha value is -3.09. The molecule has 0 radical (unpaired) electrons. The largest absolute Gasteiger partial charge is 0.459 e. The van der Waals surface area contributed by atoms with Gasteiger partial charge in [-0.15, -0.1) is 0 Å². The van der Waals surface area contributed by atoms with Crippen LogP contribution in [0.15, 0.2) is 41.0 Å². The molecule has 28 heavy (non-hydrogen) atoms. The van der Waals surface area contributed by atoms with Crippen LogP contribution in [0.3, 0.4) is 0 Å². The zero-order chi connectivity index (χ0) is 19.7. The lowest BCUT2D eigenvalue weighted by Crippen LogP contribution is -2.32. The lowest BCUT2D eigenvalue weighted by molar-refractivity contribution is -0.128. The topological polar surface area (TPSA) is 91.7 Å². The molecule has 1 saturated heterocycles. The number of benzene rings is 1. The number of likely N-dealkylation sites (tertiary alicyclic amines) is 1. The first-order valence-corrected chi connectivity index (χ1v) is 9.54. The molecule has 4 rings (SSSR count). The summed E-state index contributed by atoms with van der Waals surface area (Å²) in [7, 11) is 0. The van der Waals surface area contributed by atoms with E-state index in [4.69, 9.17) is 4.42 Å². The zero-order valence-electron chi connectivity index (χ0n) is 15.7. The van der Waals surface area contributed by atoms with E-state index in [0.717, 1.165) is 24.9 Å². The second kappa shape index (κ2) is 7.50. The Labute approximate surface area is 163 Å². The molecule has 7 nitrogen and oxygen atoms in total. The first-order chi connectivity index (χ1) is 13.5. The summed E-state index contributed by atoms with van der Waals surface area (Å²) >= 11 is 0. The highest BCUT2D eigenvalue weighted by Crippen LogP contribution is 2.32. The Bertz CT molecular complexity index is 902. The number of hydrogen-bond acceptors (Lipinski definition) is 4. The predicted octanol–water partition coefficient (Wildman–Crippen LogP) is 2.58. The Morgan fingerprint density at radius 1 is 1.21 bits per heavy atom. The zero-order valence-corrected chi connectivity index (χ0v) is 15.7. The van der Waals surface area contributed by atoms with Gasteiger partial charge in [0.05, 0.1) is 6.26 Å². The van der Waals surface area contributed by atoms with Crippen molar-refractivity contribution in [1.29, 1.82) is 0 Å². The van der Waals surface area contributed by atoms with Crippen LogP contribution >= 0.6 is 0 Å². The van der Waals surface area contributed by atoms with E-state index < -0.39 is 0 Å². The SMILES string of the molecule is Cc1cc(C(=O)NC[C@H]2CC(=O)N(C3CC3)C2)ccc1NC(=O)c1ccco1. The Balaban J connectivity index is 1.32. The summed E-state index contributed by atoms with van der Waals surface area (Å²) in [5.74, 6) is 0.0903. The molecule has 146 valence electrons. The highest BCUT2D eigenvalue weighted by molar-refractivity contribution is 6.03. The number of amides is 3. The molecule has 7 heteroatoms. The molecular formula is C21H23N3O4. The van der Waals surface area contributed by atoms with Gasteiger partial charge < -0.3 is 20.0 Å². The van der Waals surface area contributed by atoms with Crippen molar-refractivity contribution in [2.24, 2.45) is 5.92 Å². The highest BCUT2D eigenvalue weighted by atomic mass is 16.3. The maximum Gasteiger partial charge on any atom is 0.291 e. The van der Waals surface area contributed by atoms with Crippen molar-refractivity contribution < 1.29 is 18.8 Å². The Morgan fingerprint density at radius 3 is 2.71 bits per heavy atom. The highest BCUT2D eigenvalue weighted by Gasteiger charge is 2.39. The molecule has 1 saturated carbocycles. The molecular weight excluding hydrogens is 358 g/mol. The normalized spacial score (nSPS) is 19.0. The van der Waals surface area contributed by atoms with Crippen molar-refractivity contribution in [2.75, 3.05) is 18.4 Å². The molecule has 3 amide bonds. The fourth-order valence-corrected chi connectivity index (χ4v) is 3.56. The minimum atomic E-state index is -0.337. The van der Waals surface area contributed by atoms with Gasteiger partial charge in [0.2, 0.25) is 5.91 Å². The van der Waals surface area contributed by atoms with E-state index in [1.54, 1.807) is 30.3 Å². The first-order valence-electron chi connectivity index (χ1n) is 9.54. The van der Waals surface area contributed by atoms with E-state index in [0.29, 0.717) is 30.3 Å². The van der Waals surface area contributed by atoms with Gasteiger partial charge in [-0.05, 0) is 55.7 Å². The van der Waals surface area contributed by atoms with Crippen molar-refractivity contribution in [3.05, 3.63) is 53.5 Å². The van der Waals surface area contributed by atoms with E-state index in [1.165, 1.54) is 6.26 Å². The van der Waals surface area contributed by atoms with Crippen molar-refractivity contribution in [2.45, 2.75) is 32.2 Å². The van der Waals surface area contributed by atoms with Crippen LogP contribution in [0.25, 0.3) is 0 Å². The minimum Gasteiger partial charge on any atom is -0.459 e. The van der Waals surface area contributed by atoms with Crippen LogP contribution in [0.5, 0.6) is 0 Å². The summed E-state index contributed by atoms with van der Waals surface area (Å²) in [6.07, 6.45) is 4.16. The maximum absolute atomic E-state index is 12.5. The Morgan fingerprint density at radius 2 is 2.04 bits per heavy atom. The molecule has 2 aliphatic rings. The van der Waals surface area contributed by atoms with Gasteiger partial charge in [-0.1, -0.05) is 0 Å². The number of anilines is 1. The molecule has 2 aromatic rings. The van der Waals surface area contributed by atoms with Crippen LogP contribution in [-0.2, 0) is 4.79 Å². The second-order valence-electron chi connectivity index (χ2n) is 7.52. The molecule has 2 heterocycles. The minimum absolute atomic E-state index is 0.171. The molecule has 1 atom stereocenters. The van der Waals surface area contributed by atoms with E-state index in [-0.39, 0.29) is 29.4 Å². The number of nitrogens with zero attached hydrogens (tertiary/aromatic N) is 1. The number of carbonyl (C=O) groups excluding carboxylic acids is 3.